The molecule has 0 bridgehead atoms. The number of halogens is 2. The molecule has 1 aliphatic heterocycles. The van der Waals surface area contributed by atoms with Gasteiger partial charge in [0.1, 0.15) is 11.2 Å². The molecule has 0 amide bonds. The van der Waals surface area contributed by atoms with Gasteiger partial charge in [-0.25, -0.2) is 12.8 Å². The lowest BCUT2D eigenvalue weighted by Crippen LogP contribution is -2.48. The van der Waals surface area contributed by atoms with Crippen LogP contribution in [0.4, 0.5) is 15.8 Å². The Morgan fingerprint density at radius 2 is 2.25 bits per heavy atom. The molecule has 4 nitrogen and oxygen atoms in total. The second kappa shape index (κ2) is 5.99. The van der Waals surface area contributed by atoms with Crippen LogP contribution < -0.4 is 10.6 Å². The average Bonchev–Trinajstić information content (AvgIpc) is 2.43. The van der Waals surface area contributed by atoms with Crippen molar-refractivity contribution in [1.82, 2.24) is 0 Å². The molecule has 1 heterocycles. The minimum atomic E-state index is -3.26. The summed E-state index contributed by atoms with van der Waals surface area (Å²) in [7, 11) is -3.26. The lowest BCUT2D eigenvalue weighted by Gasteiger charge is -2.37. The van der Waals surface area contributed by atoms with Crippen LogP contribution in [0.2, 0.25) is 5.02 Å². The number of nitrogens with two attached hydrogens (primary N) is 1. The van der Waals surface area contributed by atoms with Crippen molar-refractivity contribution in [3.05, 3.63) is 23.0 Å². The molecule has 1 aliphatic rings. The van der Waals surface area contributed by atoms with E-state index in [4.69, 9.17) is 17.3 Å². The number of nitrogen functional groups attached to an aromatic ring is 1. The monoisotopic (exact) mass is 338 g/mol. The molecule has 2 N–H and O–H groups in total. The van der Waals surface area contributed by atoms with E-state index in [1.165, 1.54) is 12.1 Å². The van der Waals surface area contributed by atoms with Gasteiger partial charge in [0.15, 0.2) is 9.84 Å². The second-order valence-corrected chi connectivity index (χ2v) is 8.50. The van der Waals surface area contributed by atoms with Gasteiger partial charge in [0.05, 0.1) is 16.4 Å². The zero-order chi connectivity index (χ0) is 14.9. The Kier molecular flexibility index (Phi) is 4.71. The molecule has 0 aromatic heterocycles. The van der Waals surface area contributed by atoms with Gasteiger partial charge in [-0.2, -0.15) is 11.8 Å². The Morgan fingerprint density at radius 1 is 1.55 bits per heavy atom. The molecule has 0 saturated carbocycles. The summed E-state index contributed by atoms with van der Waals surface area (Å²) < 4.78 is 38.0. The van der Waals surface area contributed by atoms with Crippen LogP contribution in [-0.2, 0) is 9.84 Å². The predicted octanol–water partition coefficient (Wildman–Crippen LogP) is 2.38. The maximum absolute atomic E-state index is 13.7. The molecule has 8 heteroatoms. The summed E-state index contributed by atoms with van der Waals surface area (Å²) in [5.41, 5.74) is 6.56. The van der Waals surface area contributed by atoms with Gasteiger partial charge in [0.25, 0.3) is 0 Å². The molecule has 20 heavy (non-hydrogen) atoms. The van der Waals surface area contributed by atoms with Gasteiger partial charge in [0.2, 0.25) is 0 Å². The topological polar surface area (TPSA) is 63.4 Å². The molecule has 0 aliphatic carbocycles. The molecular formula is C12H16ClFN2O2S2. The quantitative estimate of drug-likeness (QED) is 0.857. The average molecular weight is 339 g/mol. The minimum Gasteiger partial charge on any atom is -0.397 e. The van der Waals surface area contributed by atoms with Crippen LogP contribution in [0.15, 0.2) is 12.1 Å². The summed E-state index contributed by atoms with van der Waals surface area (Å²) >= 11 is 7.26. The molecular weight excluding hydrogens is 323 g/mol. The number of sulfone groups is 1. The number of anilines is 2. The Labute approximate surface area is 127 Å². The molecule has 1 unspecified atom stereocenters. The van der Waals surface area contributed by atoms with Gasteiger partial charge in [-0.3, -0.25) is 0 Å². The molecule has 1 fully saturated rings. The fourth-order valence-corrected chi connectivity index (χ4v) is 5.30. The van der Waals surface area contributed by atoms with Crippen LogP contribution >= 0.6 is 23.4 Å². The van der Waals surface area contributed by atoms with Crippen LogP contribution in [0, 0.1) is 5.82 Å². The molecule has 1 atom stereocenters. The van der Waals surface area contributed by atoms with Crippen LogP contribution in [0.25, 0.3) is 0 Å². The third kappa shape index (κ3) is 2.99. The van der Waals surface area contributed by atoms with Crippen molar-refractivity contribution in [1.29, 1.82) is 0 Å². The lowest BCUT2D eigenvalue weighted by molar-refractivity contribution is 0.579. The Morgan fingerprint density at radius 3 is 2.90 bits per heavy atom. The van der Waals surface area contributed by atoms with Crippen LogP contribution in [0.1, 0.15) is 6.92 Å². The van der Waals surface area contributed by atoms with Gasteiger partial charge in [-0.1, -0.05) is 18.5 Å². The third-order valence-corrected chi connectivity index (χ3v) is 6.86. The van der Waals surface area contributed by atoms with Gasteiger partial charge < -0.3 is 10.6 Å². The van der Waals surface area contributed by atoms with Crippen LogP contribution in [-0.4, -0.2) is 37.6 Å². The van der Waals surface area contributed by atoms with Gasteiger partial charge in [-0.15, -0.1) is 0 Å². The van der Waals surface area contributed by atoms with E-state index < -0.39 is 21.0 Å². The number of rotatable bonds is 3. The van der Waals surface area contributed by atoms with E-state index in [2.05, 4.69) is 0 Å². The largest absolute Gasteiger partial charge is 0.397 e. The lowest BCUT2D eigenvalue weighted by atomic mass is 10.2. The fraction of sp³-hybridized carbons (Fsp3) is 0.500. The van der Waals surface area contributed by atoms with E-state index in [-0.39, 0.29) is 10.8 Å². The minimum absolute atomic E-state index is 0.0463. The normalized spacial score (nSPS) is 20.1. The van der Waals surface area contributed by atoms with E-state index in [1.54, 1.807) is 23.6 Å². The summed E-state index contributed by atoms with van der Waals surface area (Å²) in [5.74, 6) is 0.686. The molecule has 1 aromatic rings. The number of hydrogen-bond donors (Lipinski definition) is 1. The maximum Gasteiger partial charge on any atom is 0.171 e. The number of hydrogen-bond acceptors (Lipinski definition) is 5. The molecule has 1 saturated heterocycles. The van der Waals surface area contributed by atoms with Crippen molar-refractivity contribution in [2.45, 2.75) is 12.3 Å². The van der Waals surface area contributed by atoms with Crippen molar-refractivity contribution >= 4 is 44.6 Å². The third-order valence-electron chi connectivity index (χ3n) is 3.28. The summed E-state index contributed by atoms with van der Waals surface area (Å²) in [6.45, 7) is 2.12. The Balaban J connectivity index is 2.46. The number of thioether (sulfide) groups is 1. The first-order valence-electron chi connectivity index (χ1n) is 6.17. The van der Waals surface area contributed by atoms with Crippen molar-refractivity contribution in [2.24, 2.45) is 0 Å². The van der Waals surface area contributed by atoms with E-state index in [1.807, 2.05) is 0 Å². The SMILES string of the molecule is CCS(=O)(=O)C1CSCCN1c1cc(F)c(Cl)cc1N. The first-order valence-corrected chi connectivity index (χ1v) is 9.42. The van der Waals surface area contributed by atoms with Crippen molar-refractivity contribution in [3.8, 4) is 0 Å². The van der Waals surface area contributed by atoms with Crippen molar-refractivity contribution < 1.29 is 12.8 Å². The Bertz CT molecular complexity index is 610. The summed E-state index contributed by atoms with van der Waals surface area (Å²) in [6, 6.07) is 2.54. The highest BCUT2D eigenvalue weighted by Crippen LogP contribution is 2.34. The highest BCUT2D eigenvalue weighted by atomic mass is 35.5. The van der Waals surface area contributed by atoms with Crippen molar-refractivity contribution in [2.75, 3.05) is 34.4 Å². The first kappa shape index (κ1) is 15.7. The van der Waals surface area contributed by atoms with Gasteiger partial charge >= 0.3 is 0 Å². The second-order valence-electron chi connectivity index (χ2n) is 4.50. The Hall–Kier alpha value is -0.660. The van der Waals surface area contributed by atoms with Crippen LogP contribution in [0.3, 0.4) is 0 Å². The first-order chi connectivity index (χ1) is 9.36. The predicted molar refractivity (Wildman–Crippen MR) is 83.7 cm³/mol. The smallest absolute Gasteiger partial charge is 0.171 e. The van der Waals surface area contributed by atoms with E-state index >= 15 is 0 Å². The van der Waals surface area contributed by atoms with Crippen LogP contribution in [0.5, 0.6) is 0 Å². The van der Waals surface area contributed by atoms with Gasteiger partial charge in [-0.05, 0) is 6.07 Å². The zero-order valence-corrected chi connectivity index (χ0v) is 13.4. The fourth-order valence-electron chi connectivity index (χ4n) is 2.15. The highest BCUT2D eigenvalue weighted by molar-refractivity contribution is 8.01. The standard InChI is InChI=1S/C12H16ClFN2O2S2/c1-2-20(17,18)12-7-19-4-3-16(12)11-6-9(14)8(13)5-10(11)15/h5-6,12H,2-4,7,15H2,1H3. The highest BCUT2D eigenvalue weighted by Gasteiger charge is 2.34. The number of benzene rings is 1. The van der Waals surface area contributed by atoms with E-state index in [0.717, 1.165) is 5.75 Å². The maximum atomic E-state index is 13.7. The molecule has 112 valence electrons. The number of nitrogens with zero attached hydrogens (tertiary/aromatic N) is 1. The molecule has 0 spiro atoms. The van der Waals surface area contributed by atoms with Gasteiger partial charge in [0, 0.05) is 29.9 Å². The molecule has 2 rings (SSSR count). The van der Waals surface area contributed by atoms with E-state index in [9.17, 15) is 12.8 Å². The molecule has 0 radical (unpaired) electrons. The summed E-state index contributed by atoms with van der Waals surface area (Å²) in [5, 5.41) is -0.735. The summed E-state index contributed by atoms with van der Waals surface area (Å²) in [6.07, 6.45) is 0. The van der Waals surface area contributed by atoms with E-state index in [0.29, 0.717) is 23.7 Å². The zero-order valence-electron chi connectivity index (χ0n) is 11.0. The molecule has 1 aromatic carbocycles. The summed E-state index contributed by atoms with van der Waals surface area (Å²) in [4.78, 5) is 1.67. The van der Waals surface area contributed by atoms with Crippen molar-refractivity contribution in [3.63, 3.8) is 0 Å².